The van der Waals surface area contributed by atoms with Gasteiger partial charge in [-0.1, -0.05) is 0 Å². The minimum absolute atomic E-state index is 0.0939. The summed E-state index contributed by atoms with van der Waals surface area (Å²) in [5.41, 5.74) is 2.12. The van der Waals surface area contributed by atoms with Gasteiger partial charge in [0.25, 0.3) is 0 Å². The molecule has 0 aromatic rings. The molecular formula is C12H20N2O2. The zero-order valence-corrected chi connectivity index (χ0v) is 10.0. The lowest BCUT2D eigenvalue weighted by Crippen LogP contribution is -2.48. The van der Waals surface area contributed by atoms with E-state index in [4.69, 9.17) is 4.74 Å². The van der Waals surface area contributed by atoms with Gasteiger partial charge < -0.3 is 15.4 Å². The van der Waals surface area contributed by atoms with Gasteiger partial charge in [-0.25, -0.2) is 0 Å². The normalized spacial score (nSPS) is 28.0. The number of carbonyl (C=O) groups is 1. The smallest absolute Gasteiger partial charge is 0.247 e. The average molecular weight is 224 g/mol. The van der Waals surface area contributed by atoms with Gasteiger partial charge >= 0.3 is 0 Å². The van der Waals surface area contributed by atoms with Crippen LogP contribution in [0.15, 0.2) is 11.1 Å². The summed E-state index contributed by atoms with van der Waals surface area (Å²) in [7, 11) is 0. The Morgan fingerprint density at radius 1 is 1.50 bits per heavy atom. The molecule has 4 heteroatoms. The Bertz CT molecular complexity index is 300. The monoisotopic (exact) mass is 224 g/mol. The second-order valence-corrected chi connectivity index (χ2v) is 4.55. The second-order valence-electron chi connectivity index (χ2n) is 4.55. The molecule has 0 unspecified atom stereocenters. The molecule has 1 amide bonds. The van der Waals surface area contributed by atoms with E-state index in [1.54, 1.807) is 0 Å². The van der Waals surface area contributed by atoms with Gasteiger partial charge in [0, 0.05) is 31.3 Å². The number of hydrogen-bond donors (Lipinski definition) is 2. The highest BCUT2D eigenvalue weighted by Crippen LogP contribution is 2.23. The lowest BCUT2D eigenvalue weighted by atomic mass is 9.89. The first-order valence-electron chi connectivity index (χ1n) is 6.02. The van der Waals surface area contributed by atoms with Crippen molar-refractivity contribution in [2.75, 3.05) is 19.7 Å². The SMILES string of the molecule is CCOC1CC(NC(=O)C(C)=C2CNC2)C1. The van der Waals surface area contributed by atoms with Crippen molar-refractivity contribution in [2.24, 2.45) is 0 Å². The van der Waals surface area contributed by atoms with Crippen molar-refractivity contribution in [3.63, 3.8) is 0 Å². The maximum Gasteiger partial charge on any atom is 0.247 e. The maximum absolute atomic E-state index is 11.8. The number of carbonyl (C=O) groups excluding carboxylic acids is 1. The number of hydrogen-bond acceptors (Lipinski definition) is 3. The Balaban J connectivity index is 1.73. The van der Waals surface area contributed by atoms with Crippen LogP contribution in [0.1, 0.15) is 26.7 Å². The summed E-state index contributed by atoms with van der Waals surface area (Å²) < 4.78 is 5.46. The van der Waals surface area contributed by atoms with Crippen LogP contribution in [-0.2, 0) is 9.53 Å². The van der Waals surface area contributed by atoms with Crippen LogP contribution in [0.4, 0.5) is 0 Å². The molecule has 2 fully saturated rings. The Morgan fingerprint density at radius 3 is 2.69 bits per heavy atom. The number of rotatable bonds is 4. The zero-order chi connectivity index (χ0) is 11.5. The van der Waals surface area contributed by atoms with Gasteiger partial charge in [0.2, 0.25) is 5.91 Å². The molecule has 16 heavy (non-hydrogen) atoms. The van der Waals surface area contributed by atoms with Gasteiger partial charge in [0.05, 0.1) is 6.10 Å². The van der Waals surface area contributed by atoms with Crippen molar-refractivity contribution in [1.82, 2.24) is 10.6 Å². The van der Waals surface area contributed by atoms with Crippen molar-refractivity contribution in [1.29, 1.82) is 0 Å². The molecule has 0 bridgehead atoms. The van der Waals surface area contributed by atoms with E-state index in [0.717, 1.165) is 38.1 Å². The lowest BCUT2D eigenvalue weighted by molar-refractivity contribution is -0.120. The number of amides is 1. The molecule has 1 heterocycles. The van der Waals surface area contributed by atoms with E-state index in [2.05, 4.69) is 10.6 Å². The van der Waals surface area contributed by atoms with Crippen LogP contribution < -0.4 is 10.6 Å². The summed E-state index contributed by atoms with van der Waals surface area (Å²) in [5.74, 6) is 0.0939. The van der Waals surface area contributed by atoms with Crippen LogP contribution in [0.2, 0.25) is 0 Å². The summed E-state index contributed by atoms with van der Waals surface area (Å²) >= 11 is 0. The molecule has 0 aromatic carbocycles. The van der Waals surface area contributed by atoms with Gasteiger partial charge in [-0.2, -0.15) is 0 Å². The topological polar surface area (TPSA) is 50.4 Å². The standard InChI is InChI=1S/C12H20N2O2/c1-3-16-11-4-10(5-11)14-12(15)8(2)9-6-13-7-9/h10-11,13H,3-7H2,1-2H3,(H,14,15). The summed E-state index contributed by atoms with van der Waals surface area (Å²) in [6, 6.07) is 0.313. The zero-order valence-electron chi connectivity index (χ0n) is 10.0. The highest BCUT2D eigenvalue weighted by molar-refractivity contribution is 5.94. The van der Waals surface area contributed by atoms with Crippen LogP contribution in [-0.4, -0.2) is 37.7 Å². The third-order valence-corrected chi connectivity index (χ3v) is 3.38. The molecule has 2 aliphatic rings. The molecule has 1 saturated heterocycles. The molecule has 1 aliphatic carbocycles. The van der Waals surface area contributed by atoms with E-state index in [-0.39, 0.29) is 5.91 Å². The van der Waals surface area contributed by atoms with Crippen LogP contribution in [0.3, 0.4) is 0 Å². The highest BCUT2D eigenvalue weighted by Gasteiger charge is 2.31. The molecule has 0 aromatic heterocycles. The molecule has 4 nitrogen and oxygen atoms in total. The third-order valence-electron chi connectivity index (χ3n) is 3.38. The van der Waals surface area contributed by atoms with Crippen molar-refractivity contribution < 1.29 is 9.53 Å². The fraction of sp³-hybridized carbons (Fsp3) is 0.750. The minimum Gasteiger partial charge on any atom is -0.378 e. The molecule has 0 radical (unpaired) electrons. The molecule has 1 aliphatic heterocycles. The van der Waals surface area contributed by atoms with E-state index < -0.39 is 0 Å². The largest absolute Gasteiger partial charge is 0.378 e. The fourth-order valence-electron chi connectivity index (χ4n) is 2.02. The van der Waals surface area contributed by atoms with Crippen molar-refractivity contribution in [3.8, 4) is 0 Å². The van der Waals surface area contributed by atoms with Crippen LogP contribution >= 0.6 is 0 Å². The molecule has 0 atom stereocenters. The maximum atomic E-state index is 11.8. The first kappa shape index (κ1) is 11.6. The molecule has 1 saturated carbocycles. The Labute approximate surface area is 96.4 Å². The summed E-state index contributed by atoms with van der Waals surface area (Å²) in [4.78, 5) is 11.8. The number of ether oxygens (including phenoxy) is 1. The Hall–Kier alpha value is -0.870. The highest BCUT2D eigenvalue weighted by atomic mass is 16.5. The van der Waals surface area contributed by atoms with Crippen molar-refractivity contribution in [2.45, 2.75) is 38.8 Å². The first-order valence-corrected chi connectivity index (χ1v) is 6.02. The summed E-state index contributed by atoms with van der Waals surface area (Å²) in [6.45, 7) is 6.41. The number of nitrogens with one attached hydrogen (secondary N) is 2. The third kappa shape index (κ3) is 2.44. The second kappa shape index (κ2) is 4.97. The van der Waals surface area contributed by atoms with Crippen molar-refractivity contribution in [3.05, 3.63) is 11.1 Å². The van der Waals surface area contributed by atoms with E-state index >= 15 is 0 Å². The summed E-state index contributed by atoms with van der Waals surface area (Å²) in [5, 5.41) is 6.19. The average Bonchev–Trinajstić information content (AvgIpc) is 2.11. The molecular weight excluding hydrogens is 204 g/mol. The summed E-state index contributed by atoms with van der Waals surface area (Å²) in [6.07, 6.45) is 2.27. The lowest BCUT2D eigenvalue weighted by Gasteiger charge is -2.35. The van der Waals surface area contributed by atoms with Gasteiger partial charge in [-0.3, -0.25) is 4.79 Å². The van der Waals surface area contributed by atoms with E-state index in [1.807, 2.05) is 13.8 Å². The molecule has 2 rings (SSSR count). The predicted molar refractivity (Wildman–Crippen MR) is 62.1 cm³/mol. The van der Waals surface area contributed by atoms with Gasteiger partial charge in [0.1, 0.15) is 0 Å². The Kier molecular flexibility index (Phi) is 3.61. The van der Waals surface area contributed by atoms with Gasteiger partial charge in [0.15, 0.2) is 0 Å². The fourth-order valence-corrected chi connectivity index (χ4v) is 2.02. The van der Waals surface area contributed by atoms with Crippen LogP contribution in [0, 0.1) is 0 Å². The predicted octanol–water partition coefficient (Wildman–Crippen LogP) is 0.590. The molecule has 0 spiro atoms. The molecule has 90 valence electrons. The van der Waals surface area contributed by atoms with Crippen molar-refractivity contribution >= 4 is 5.91 Å². The van der Waals surface area contributed by atoms with E-state index in [0.29, 0.717) is 12.1 Å². The van der Waals surface area contributed by atoms with Crippen LogP contribution in [0.25, 0.3) is 0 Å². The first-order chi connectivity index (χ1) is 7.70. The van der Waals surface area contributed by atoms with Gasteiger partial charge in [-0.15, -0.1) is 0 Å². The van der Waals surface area contributed by atoms with E-state index in [1.165, 1.54) is 5.57 Å². The van der Waals surface area contributed by atoms with Gasteiger partial charge in [-0.05, 0) is 32.3 Å². The van der Waals surface area contributed by atoms with E-state index in [9.17, 15) is 4.79 Å². The Morgan fingerprint density at radius 2 is 2.19 bits per heavy atom. The quantitative estimate of drug-likeness (QED) is 0.687. The minimum atomic E-state index is 0.0939. The molecule has 2 N–H and O–H groups in total. The van der Waals surface area contributed by atoms with Crippen LogP contribution in [0.5, 0.6) is 0 Å².